The van der Waals surface area contributed by atoms with Gasteiger partial charge in [0.15, 0.2) is 11.6 Å². The number of rotatable bonds is 4. The SMILES string of the molecule is O/C(=C\C(=Nc1c(F)cc(F)cc1F)c1ccccc1)c1ccccc1.[Cl][Ti][Cl]. The average Bonchev–Trinajstić information content (AvgIpc) is 2.71. The molecule has 0 saturated carbocycles. The predicted molar refractivity (Wildman–Crippen MR) is 108 cm³/mol. The second kappa shape index (κ2) is 11.8. The van der Waals surface area contributed by atoms with E-state index in [9.17, 15) is 18.3 Å². The monoisotopic (exact) mass is 471 g/mol. The number of halogens is 5. The number of aliphatic imine (C=N–C) groups is 1. The maximum absolute atomic E-state index is 14.0. The van der Waals surface area contributed by atoms with Crippen LogP contribution < -0.4 is 0 Å². The number of hydrogen-bond donors (Lipinski definition) is 1. The summed E-state index contributed by atoms with van der Waals surface area (Å²) in [4.78, 5) is 4.00. The molecule has 0 unspecified atom stereocenters. The van der Waals surface area contributed by atoms with Gasteiger partial charge < -0.3 is 5.11 Å². The fraction of sp³-hybridized carbons (Fsp3) is 0. The van der Waals surface area contributed by atoms with Gasteiger partial charge in [-0.1, -0.05) is 60.7 Å². The van der Waals surface area contributed by atoms with E-state index >= 15 is 0 Å². The molecule has 148 valence electrons. The van der Waals surface area contributed by atoms with Gasteiger partial charge >= 0.3 is 35.6 Å². The van der Waals surface area contributed by atoms with Crippen LogP contribution in [0.1, 0.15) is 11.1 Å². The molecule has 0 fully saturated rings. The molecule has 0 spiro atoms. The third-order valence-electron chi connectivity index (χ3n) is 3.63. The van der Waals surface area contributed by atoms with Crippen LogP contribution in [-0.4, -0.2) is 10.8 Å². The van der Waals surface area contributed by atoms with Gasteiger partial charge in [0.2, 0.25) is 0 Å². The second-order valence-electron chi connectivity index (χ2n) is 5.55. The van der Waals surface area contributed by atoms with E-state index in [0.717, 1.165) is 0 Å². The van der Waals surface area contributed by atoms with Crippen LogP contribution in [0.4, 0.5) is 18.9 Å². The summed E-state index contributed by atoms with van der Waals surface area (Å²) in [6.45, 7) is 0. The van der Waals surface area contributed by atoms with Crippen LogP contribution in [0.3, 0.4) is 0 Å². The van der Waals surface area contributed by atoms with Crippen molar-refractivity contribution >= 4 is 35.8 Å². The molecule has 29 heavy (non-hydrogen) atoms. The van der Waals surface area contributed by atoms with Crippen LogP contribution in [0.5, 0.6) is 0 Å². The molecule has 0 bridgehead atoms. The molecule has 0 atom stereocenters. The Kier molecular flexibility index (Phi) is 9.48. The van der Waals surface area contributed by atoms with Crippen molar-refractivity contribution in [2.75, 3.05) is 0 Å². The van der Waals surface area contributed by atoms with E-state index in [2.05, 4.69) is 4.99 Å². The van der Waals surface area contributed by atoms with E-state index in [0.29, 0.717) is 23.3 Å². The molecule has 0 heterocycles. The summed E-state index contributed by atoms with van der Waals surface area (Å²) < 4.78 is 41.1. The molecule has 3 aromatic carbocycles. The van der Waals surface area contributed by atoms with Gasteiger partial charge in [-0.3, -0.25) is 0 Å². The molecule has 2 nitrogen and oxygen atoms in total. The standard InChI is InChI=1S/C21H14F3NO.2ClH.Ti/c22-16-11-17(23)21(18(24)12-16)25-19(14-7-3-1-4-8-14)13-20(26)15-9-5-2-6-10-15;;;/h1-13,26H;2*1H;/q;;;+2/p-2/b20-13-,25-19?;;;. The van der Waals surface area contributed by atoms with Crippen molar-refractivity contribution in [3.8, 4) is 0 Å². The Morgan fingerprint density at radius 1 is 0.828 bits per heavy atom. The topological polar surface area (TPSA) is 32.6 Å². The average molecular weight is 472 g/mol. The number of aliphatic hydroxyl groups excluding tert-OH is 1. The van der Waals surface area contributed by atoms with E-state index in [-0.39, 0.29) is 11.5 Å². The molecular formula is C21H14Cl2F3NOTi. The Hall–Kier alpha value is -2.05. The van der Waals surface area contributed by atoms with Crippen molar-refractivity contribution in [1.82, 2.24) is 0 Å². The van der Waals surface area contributed by atoms with Gasteiger partial charge in [0, 0.05) is 29.3 Å². The van der Waals surface area contributed by atoms with E-state index in [1.54, 1.807) is 60.7 Å². The van der Waals surface area contributed by atoms with Gasteiger partial charge in [-0.2, -0.15) is 0 Å². The number of aliphatic hydroxyl groups is 1. The summed E-state index contributed by atoms with van der Waals surface area (Å²) in [7, 11) is 9.78. The summed E-state index contributed by atoms with van der Waals surface area (Å²) in [5.74, 6) is -3.38. The quantitative estimate of drug-likeness (QED) is 0.243. The zero-order valence-electron chi connectivity index (χ0n) is 14.8. The van der Waals surface area contributed by atoms with Crippen molar-refractivity contribution in [1.29, 1.82) is 0 Å². The van der Waals surface area contributed by atoms with Gasteiger partial charge in [-0.25, -0.2) is 18.2 Å². The van der Waals surface area contributed by atoms with E-state index in [1.165, 1.54) is 6.08 Å². The summed E-state index contributed by atoms with van der Waals surface area (Å²) in [6, 6.07) is 18.4. The van der Waals surface area contributed by atoms with E-state index in [4.69, 9.17) is 18.6 Å². The van der Waals surface area contributed by atoms with Crippen molar-refractivity contribution in [3.63, 3.8) is 0 Å². The van der Waals surface area contributed by atoms with Crippen molar-refractivity contribution in [2.24, 2.45) is 4.99 Å². The predicted octanol–water partition coefficient (Wildman–Crippen LogP) is 7.20. The van der Waals surface area contributed by atoms with Crippen molar-refractivity contribution in [3.05, 3.63) is 107 Å². The Morgan fingerprint density at radius 3 is 1.76 bits per heavy atom. The zero-order chi connectivity index (χ0) is 21.2. The van der Waals surface area contributed by atoms with Crippen LogP contribution in [0.2, 0.25) is 0 Å². The normalized spacial score (nSPS) is 11.5. The second-order valence-corrected chi connectivity index (χ2v) is 8.13. The number of benzene rings is 3. The summed E-state index contributed by atoms with van der Waals surface area (Å²) in [5.41, 5.74) is 0.577. The van der Waals surface area contributed by atoms with E-state index in [1.807, 2.05) is 0 Å². The first-order chi connectivity index (χ1) is 14.0. The summed E-state index contributed by atoms with van der Waals surface area (Å²) >= 11 is -0.556. The molecule has 0 aliphatic rings. The van der Waals surface area contributed by atoms with Gasteiger partial charge in [0.25, 0.3) is 0 Å². The third-order valence-corrected chi connectivity index (χ3v) is 3.63. The summed E-state index contributed by atoms with van der Waals surface area (Å²) in [6.07, 6.45) is 1.31. The van der Waals surface area contributed by atoms with E-state index < -0.39 is 40.2 Å². The van der Waals surface area contributed by atoms with Crippen molar-refractivity contribution in [2.45, 2.75) is 0 Å². The first kappa shape index (κ1) is 23.2. The minimum absolute atomic E-state index is 0.115. The number of nitrogens with zero attached hydrogens (tertiary/aromatic N) is 1. The van der Waals surface area contributed by atoms with Gasteiger partial charge in [0.05, 0.1) is 5.71 Å². The molecule has 0 aliphatic heterocycles. The van der Waals surface area contributed by atoms with Gasteiger partial charge in [0.1, 0.15) is 17.3 Å². The Morgan fingerprint density at radius 2 is 1.28 bits per heavy atom. The van der Waals surface area contributed by atoms with Crippen LogP contribution >= 0.6 is 18.6 Å². The van der Waals surface area contributed by atoms with Crippen molar-refractivity contribution < 1.29 is 35.3 Å². The molecule has 1 N–H and O–H groups in total. The zero-order valence-corrected chi connectivity index (χ0v) is 17.9. The number of hydrogen-bond acceptors (Lipinski definition) is 2. The van der Waals surface area contributed by atoms with Gasteiger partial charge in [-0.15, -0.1) is 0 Å². The molecule has 0 aliphatic carbocycles. The third kappa shape index (κ3) is 7.05. The Balaban J connectivity index is 0.000000941. The summed E-state index contributed by atoms with van der Waals surface area (Å²) in [5, 5.41) is 10.3. The van der Waals surface area contributed by atoms with Crippen LogP contribution in [0.15, 0.2) is 83.9 Å². The van der Waals surface area contributed by atoms with Crippen LogP contribution in [0.25, 0.3) is 5.76 Å². The fourth-order valence-electron chi connectivity index (χ4n) is 2.37. The molecule has 3 rings (SSSR count). The Bertz CT molecular complexity index is 976. The first-order valence-corrected chi connectivity index (χ1v) is 12.5. The molecule has 0 amide bonds. The molecule has 0 saturated heterocycles. The minimum atomic E-state index is -1.12. The molecule has 8 heteroatoms. The van der Waals surface area contributed by atoms with Crippen LogP contribution in [0, 0.1) is 17.5 Å². The van der Waals surface area contributed by atoms with Gasteiger partial charge in [-0.05, 0) is 0 Å². The molecule has 0 aromatic heterocycles. The van der Waals surface area contributed by atoms with Crippen LogP contribution in [-0.2, 0) is 17.0 Å². The first-order valence-electron chi connectivity index (χ1n) is 8.17. The molecular weight excluding hydrogens is 458 g/mol. The fourth-order valence-corrected chi connectivity index (χ4v) is 2.37. The Labute approximate surface area is 183 Å². The molecule has 0 radical (unpaired) electrons. The number of allylic oxidation sites excluding steroid dienone is 1. The molecule has 3 aromatic rings. The maximum atomic E-state index is 14.0.